The zero-order valence-electron chi connectivity index (χ0n) is 10.3. The second-order valence-corrected chi connectivity index (χ2v) is 5.57. The largest absolute Gasteiger partial charge is 0.504 e. The highest BCUT2D eigenvalue weighted by Crippen LogP contribution is 2.27. The third kappa shape index (κ3) is 2.72. The lowest BCUT2D eigenvalue weighted by Gasteiger charge is -2.31. The molecule has 0 bridgehead atoms. The van der Waals surface area contributed by atoms with Gasteiger partial charge < -0.3 is 15.1 Å². The monoisotopic (exact) mass is 267 g/mol. The second-order valence-electron chi connectivity index (χ2n) is 4.43. The number of amides is 1. The molecule has 1 heterocycles. The average molecular weight is 267 g/mol. The maximum Gasteiger partial charge on any atom is 0.253 e. The highest BCUT2D eigenvalue weighted by molar-refractivity contribution is 7.99. The summed E-state index contributed by atoms with van der Waals surface area (Å²) in [6.07, 6.45) is 4.12. The number of hydrogen-bond acceptors (Lipinski definition) is 4. The number of rotatable bonds is 2. The number of carbonyl (C=O) groups is 1. The average Bonchev–Trinajstić information content (AvgIpc) is 2.41. The molecule has 2 rings (SSSR count). The molecule has 0 aromatic heterocycles. The minimum atomic E-state index is -0.250. The summed E-state index contributed by atoms with van der Waals surface area (Å²) < 4.78 is 0. The number of hydrogen-bond donors (Lipinski definition) is 2. The molecule has 1 saturated heterocycles. The van der Waals surface area contributed by atoms with Crippen molar-refractivity contribution < 1.29 is 15.0 Å². The van der Waals surface area contributed by atoms with Gasteiger partial charge in [-0.1, -0.05) is 0 Å². The van der Waals surface area contributed by atoms with E-state index in [9.17, 15) is 15.0 Å². The fourth-order valence-corrected chi connectivity index (χ4v) is 2.82. The molecule has 1 aliphatic rings. The zero-order valence-corrected chi connectivity index (χ0v) is 11.1. The molecule has 98 valence electrons. The Balaban J connectivity index is 2.05. The predicted molar refractivity (Wildman–Crippen MR) is 72.2 cm³/mol. The lowest BCUT2D eigenvalue weighted by atomic mass is 10.1. The number of thioether (sulfide) groups is 1. The quantitative estimate of drug-likeness (QED) is 0.805. The standard InChI is InChI=1S/C13H17NO3S/c1-18-10-4-6-14(7-5-10)13(17)9-2-3-11(15)12(16)8-9/h2-3,8,10,15-16H,4-7H2,1H3. The molecule has 18 heavy (non-hydrogen) atoms. The van der Waals surface area contributed by atoms with Crippen LogP contribution < -0.4 is 0 Å². The van der Waals surface area contributed by atoms with Gasteiger partial charge in [0.05, 0.1) is 0 Å². The number of benzene rings is 1. The molecule has 2 N–H and O–H groups in total. The van der Waals surface area contributed by atoms with Crippen LogP contribution in [0.25, 0.3) is 0 Å². The van der Waals surface area contributed by atoms with Crippen molar-refractivity contribution in [1.82, 2.24) is 4.90 Å². The summed E-state index contributed by atoms with van der Waals surface area (Å²) in [4.78, 5) is 14.0. The Labute approximate surface area is 111 Å². The van der Waals surface area contributed by atoms with Gasteiger partial charge in [0, 0.05) is 23.9 Å². The van der Waals surface area contributed by atoms with Gasteiger partial charge in [0.25, 0.3) is 5.91 Å². The molecular formula is C13H17NO3S. The summed E-state index contributed by atoms with van der Waals surface area (Å²) in [7, 11) is 0. The summed E-state index contributed by atoms with van der Waals surface area (Å²) in [5.74, 6) is -0.530. The molecule has 0 radical (unpaired) electrons. The van der Waals surface area contributed by atoms with E-state index < -0.39 is 0 Å². The third-order valence-electron chi connectivity index (χ3n) is 3.28. The van der Waals surface area contributed by atoms with E-state index >= 15 is 0 Å². The van der Waals surface area contributed by atoms with Gasteiger partial charge in [-0.2, -0.15) is 11.8 Å². The van der Waals surface area contributed by atoms with Crippen molar-refractivity contribution >= 4 is 17.7 Å². The van der Waals surface area contributed by atoms with Crippen LogP contribution in [-0.2, 0) is 0 Å². The lowest BCUT2D eigenvalue weighted by molar-refractivity contribution is 0.0727. The van der Waals surface area contributed by atoms with Crippen LogP contribution in [0.3, 0.4) is 0 Å². The maximum atomic E-state index is 12.2. The van der Waals surface area contributed by atoms with E-state index in [0.29, 0.717) is 10.8 Å². The van der Waals surface area contributed by atoms with E-state index in [4.69, 9.17) is 0 Å². The zero-order chi connectivity index (χ0) is 13.1. The SMILES string of the molecule is CSC1CCN(C(=O)c2ccc(O)c(O)c2)CC1. The molecule has 1 aliphatic heterocycles. The lowest BCUT2D eigenvalue weighted by Crippen LogP contribution is -2.39. The van der Waals surface area contributed by atoms with Crippen molar-refractivity contribution in [3.63, 3.8) is 0 Å². The number of nitrogens with zero attached hydrogens (tertiary/aromatic N) is 1. The van der Waals surface area contributed by atoms with Crippen molar-refractivity contribution in [3.05, 3.63) is 23.8 Å². The molecule has 0 aliphatic carbocycles. The van der Waals surface area contributed by atoms with Crippen molar-refractivity contribution in [1.29, 1.82) is 0 Å². The van der Waals surface area contributed by atoms with Crippen molar-refractivity contribution in [2.75, 3.05) is 19.3 Å². The Hall–Kier alpha value is -1.36. The van der Waals surface area contributed by atoms with Gasteiger partial charge >= 0.3 is 0 Å². The minimum absolute atomic E-state index is 0.0788. The van der Waals surface area contributed by atoms with Crippen LogP contribution in [0.1, 0.15) is 23.2 Å². The molecule has 0 spiro atoms. The van der Waals surface area contributed by atoms with Gasteiger partial charge in [-0.15, -0.1) is 0 Å². The van der Waals surface area contributed by atoms with E-state index in [1.165, 1.54) is 18.2 Å². The van der Waals surface area contributed by atoms with Crippen LogP contribution in [0.4, 0.5) is 0 Å². The van der Waals surface area contributed by atoms with Gasteiger partial charge in [0.1, 0.15) is 0 Å². The molecule has 5 heteroatoms. The summed E-state index contributed by atoms with van der Waals surface area (Å²) in [6, 6.07) is 4.20. The molecule has 0 unspecified atom stereocenters. The molecule has 1 aromatic rings. The number of carbonyl (C=O) groups excluding carboxylic acids is 1. The number of phenolic OH excluding ortho intramolecular Hbond substituents is 2. The van der Waals surface area contributed by atoms with Crippen molar-refractivity contribution in [2.45, 2.75) is 18.1 Å². The Bertz CT molecular complexity index is 442. The fraction of sp³-hybridized carbons (Fsp3) is 0.462. The van der Waals surface area contributed by atoms with Crippen molar-refractivity contribution in [2.24, 2.45) is 0 Å². The van der Waals surface area contributed by atoms with Crippen LogP contribution >= 0.6 is 11.8 Å². The van der Waals surface area contributed by atoms with E-state index in [1.54, 1.807) is 4.90 Å². The van der Waals surface area contributed by atoms with E-state index in [1.807, 2.05) is 11.8 Å². The first-order valence-corrected chi connectivity index (χ1v) is 7.24. The second kappa shape index (κ2) is 5.52. The summed E-state index contributed by atoms with van der Waals surface area (Å²) in [6.45, 7) is 1.51. The Morgan fingerprint density at radius 2 is 1.94 bits per heavy atom. The van der Waals surface area contributed by atoms with Crippen LogP contribution in [0.5, 0.6) is 11.5 Å². The molecule has 1 amide bonds. The summed E-state index contributed by atoms with van der Waals surface area (Å²) in [5.41, 5.74) is 0.424. The van der Waals surface area contributed by atoms with Crippen LogP contribution in [0.15, 0.2) is 18.2 Å². The van der Waals surface area contributed by atoms with Crippen molar-refractivity contribution in [3.8, 4) is 11.5 Å². The Morgan fingerprint density at radius 1 is 1.28 bits per heavy atom. The number of likely N-dealkylation sites (tertiary alicyclic amines) is 1. The number of piperidine rings is 1. The molecule has 1 fully saturated rings. The third-order valence-corrected chi connectivity index (χ3v) is 4.42. The maximum absolute atomic E-state index is 12.2. The molecule has 0 saturated carbocycles. The predicted octanol–water partition coefficient (Wildman–Crippen LogP) is 2.07. The van der Waals surface area contributed by atoms with Gasteiger partial charge in [-0.3, -0.25) is 4.79 Å². The van der Waals surface area contributed by atoms with E-state index in [0.717, 1.165) is 25.9 Å². The van der Waals surface area contributed by atoms with Crippen LogP contribution in [0, 0.1) is 0 Å². The molecular weight excluding hydrogens is 250 g/mol. The van der Waals surface area contributed by atoms with E-state index in [2.05, 4.69) is 6.26 Å². The Morgan fingerprint density at radius 3 is 2.50 bits per heavy atom. The van der Waals surface area contributed by atoms with Gasteiger partial charge in [0.2, 0.25) is 0 Å². The Kier molecular flexibility index (Phi) is 4.01. The normalized spacial score (nSPS) is 16.8. The van der Waals surface area contributed by atoms with Gasteiger partial charge in [0.15, 0.2) is 11.5 Å². The first-order valence-electron chi connectivity index (χ1n) is 5.96. The smallest absolute Gasteiger partial charge is 0.253 e. The minimum Gasteiger partial charge on any atom is -0.504 e. The highest BCUT2D eigenvalue weighted by atomic mass is 32.2. The van der Waals surface area contributed by atoms with E-state index in [-0.39, 0.29) is 17.4 Å². The topological polar surface area (TPSA) is 60.8 Å². The van der Waals surface area contributed by atoms with Crippen LogP contribution in [-0.4, -0.2) is 45.6 Å². The first-order chi connectivity index (χ1) is 8.61. The number of phenols is 2. The molecule has 4 nitrogen and oxygen atoms in total. The van der Waals surface area contributed by atoms with Gasteiger partial charge in [-0.05, 0) is 37.3 Å². The first kappa shape index (κ1) is 13.1. The summed E-state index contributed by atoms with van der Waals surface area (Å²) >= 11 is 1.85. The van der Waals surface area contributed by atoms with Crippen LogP contribution in [0.2, 0.25) is 0 Å². The summed E-state index contributed by atoms with van der Waals surface area (Å²) in [5, 5.41) is 19.3. The van der Waals surface area contributed by atoms with Gasteiger partial charge in [-0.25, -0.2) is 0 Å². The number of aromatic hydroxyl groups is 2. The highest BCUT2D eigenvalue weighted by Gasteiger charge is 2.23. The fourth-order valence-electron chi connectivity index (χ4n) is 2.13. The molecule has 0 atom stereocenters. The molecule has 1 aromatic carbocycles.